The SMILES string of the molecule is CCOc1nc2ccccc2c(OCC)c1C#N. The fourth-order valence-corrected chi connectivity index (χ4v) is 1.79. The number of benzene rings is 1. The van der Waals surface area contributed by atoms with Crippen molar-refractivity contribution in [3.05, 3.63) is 29.8 Å². The summed E-state index contributed by atoms with van der Waals surface area (Å²) in [6.07, 6.45) is 0. The summed E-state index contributed by atoms with van der Waals surface area (Å²) < 4.78 is 11.0. The lowest BCUT2D eigenvalue weighted by Gasteiger charge is -2.12. The number of pyridine rings is 1. The van der Waals surface area contributed by atoms with Crippen molar-refractivity contribution in [1.29, 1.82) is 5.26 Å². The zero-order valence-electron chi connectivity index (χ0n) is 10.4. The third kappa shape index (κ3) is 2.07. The van der Waals surface area contributed by atoms with Crippen LogP contribution < -0.4 is 9.47 Å². The molecule has 92 valence electrons. The van der Waals surface area contributed by atoms with Gasteiger partial charge in [0.15, 0.2) is 11.3 Å². The van der Waals surface area contributed by atoms with Gasteiger partial charge >= 0.3 is 0 Å². The van der Waals surface area contributed by atoms with E-state index in [1.165, 1.54) is 0 Å². The van der Waals surface area contributed by atoms with Gasteiger partial charge in [0, 0.05) is 5.39 Å². The van der Waals surface area contributed by atoms with Gasteiger partial charge in [-0.3, -0.25) is 0 Å². The minimum absolute atomic E-state index is 0.335. The van der Waals surface area contributed by atoms with Crippen LogP contribution in [0.3, 0.4) is 0 Å². The normalized spacial score (nSPS) is 10.1. The van der Waals surface area contributed by atoms with E-state index in [1.54, 1.807) is 0 Å². The Bertz CT molecular complexity index is 603. The van der Waals surface area contributed by atoms with Gasteiger partial charge in [-0.25, -0.2) is 4.98 Å². The highest BCUT2D eigenvalue weighted by Crippen LogP contribution is 2.34. The number of hydrogen-bond donors (Lipinski definition) is 0. The molecule has 0 aliphatic heterocycles. The Hall–Kier alpha value is -2.28. The molecule has 0 saturated carbocycles. The van der Waals surface area contributed by atoms with Crippen LogP contribution in [0, 0.1) is 11.3 Å². The molecular weight excluding hydrogens is 228 g/mol. The maximum Gasteiger partial charge on any atom is 0.236 e. The molecule has 18 heavy (non-hydrogen) atoms. The first-order valence-corrected chi connectivity index (χ1v) is 5.90. The Morgan fingerprint density at radius 2 is 1.89 bits per heavy atom. The molecule has 4 heteroatoms. The third-order valence-electron chi connectivity index (χ3n) is 2.49. The Morgan fingerprint density at radius 1 is 1.17 bits per heavy atom. The largest absolute Gasteiger partial charge is 0.492 e. The first-order valence-electron chi connectivity index (χ1n) is 5.90. The van der Waals surface area contributed by atoms with E-state index >= 15 is 0 Å². The molecule has 1 aromatic heterocycles. The summed E-state index contributed by atoms with van der Waals surface area (Å²) in [6, 6.07) is 9.68. The minimum atomic E-state index is 0.335. The van der Waals surface area contributed by atoms with Gasteiger partial charge in [-0.1, -0.05) is 12.1 Å². The monoisotopic (exact) mass is 242 g/mol. The molecule has 4 nitrogen and oxygen atoms in total. The molecule has 0 aliphatic rings. The van der Waals surface area contributed by atoms with Crippen LogP contribution in [-0.2, 0) is 0 Å². The zero-order valence-corrected chi connectivity index (χ0v) is 10.4. The molecule has 0 bridgehead atoms. The number of rotatable bonds is 4. The summed E-state index contributed by atoms with van der Waals surface area (Å²) in [6.45, 7) is 4.70. The predicted octanol–water partition coefficient (Wildman–Crippen LogP) is 2.90. The number of aromatic nitrogens is 1. The topological polar surface area (TPSA) is 55.1 Å². The Kier molecular flexibility index (Phi) is 3.63. The average molecular weight is 242 g/mol. The lowest BCUT2D eigenvalue weighted by Crippen LogP contribution is -2.02. The number of fused-ring (bicyclic) bond motifs is 1. The van der Waals surface area contributed by atoms with Crippen LogP contribution in [0.25, 0.3) is 10.9 Å². The van der Waals surface area contributed by atoms with Crippen molar-refractivity contribution < 1.29 is 9.47 Å². The number of para-hydroxylation sites is 1. The molecule has 0 saturated heterocycles. The van der Waals surface area contributed by atoms with E-state index in [2.05, 4.69) is 11.1 Å². The summed E-state index contributed by atoms with van der Waals surface area (Å²) in [5.74, 6) is 0.885. The molecule has 2 aromatic rings. The standard InChI is InChI=1S/C14H14N2O2/c1-3-17-13-10-7-5-6-8-12(10)16-14(18-4-2)11(13)9-15/h5-8H,3-4H2,1-2H3. The van der Waals surface area contributed by atoms with E-state index in [0.717, 1.165) is 10.9 Å². The van der Waals surface area contributed by atoms with Crippen LogP contribution in [0.2, 0.25) is 0 Å². The van der Waals surface area contributed by atoms with E-state index in [0.29, 0.717) is 30.4 Å². The van der Waals surface area contributed by atoms with Crippen LogP contribution in [-0.4, -0.2) is 18.2 Å². The van der Waals surface area contributed by atoms with Gasteiger partial charge < -0.3 is 9.47 Å². The van der Waals surface area contributed by atoms with Gasteiger partial charge in [0.25, 0.3) is 0 Å². The van der Waals surface area contributed by atoms with Crippen LogP contribution in [0.15, 0.2) is 24.3 Å². The molecular formula is C14H14N2O2. The molecule has 2 rings (SSSR count). The lowest BCUT2D eigenvalue weighted by molar-refractivity contribution is 0.315. The van der Waals surface area contributed by atoms with E-state index < -0.39 is 0 Å². The van der Waals surface area contributed by atoms with Crippen LogP contribution >= 0.6 is 0 Å². The first kappa shape index (κ1) is 12.2. The highest BCUT2D eigenvalue weighted by molar-refractivity contribution is 5.88. The summed E-state index contributed by atoms with van der Waals surface area (Å²) in [4.78, 5) is 4.35. The van der Waals surface area contributed by atoms with Gasteiger partial charge in [0.1, 0.15) is 6.07 Å². The number of ether oxygens (including phenoxy) is 2. The third-order valence-corrected chi connectivity index (χ3v) is 2.49. The van der Waals surface area contributed by atoms with Gasteiger partial charge in [-0.2, -0.15) is 5.26 Å². The number of nitrogens with zero attached hydrogens (tertiary/aromatic N) is 2. The Morgan fingerprint density at radius 3 is 2.56 bits per heavy atom. The van der Waals surface area contributed by atoms with Crippen molar-refractivity contribution in [2.24, 2.45) is 0 Å². The summed E-state index contributed by atoms with van der Waals surface area (Å²) in [5.41, 5.74) is 1.13. The van der Waals surface area contributed by atoms with Crippen LogP contribution in [0.4, 0.5) is 0 Å². The smallest absolute Gasteiger partial charge is 0.236 e. The van der Waals surface area contributed by atoms with Crippen molar-refractivity contribution in [3.63, 3.8) is 0 Å². The number of nitriles is 1. The molecule has 0 unspecified atom stereocenters. The summed E-state index contributed by atoms with van der Waals surface area (Å²) in [5, 5.41) is 10.1. The minimum Gasteiger partial charge on any atom is -0.492 e. The van der Waals surface area contributed by atoms with Crippen LogP contribution in [0.5, 0.6) is 11.6 Å². The fraction of sp³-hybridized carbons (Fsp3) is 0.286. The maximum atomic E-state index is 9.26. The van der Waals surface area contributed by atoms with E-state index in [1.807, 2.05) is 38.1 Å². The fourth-order valence-electron chi connectivity index (χ4n) is 1.79. The molecule has 0 radical (unpaired) electrons. The van der Waals surface area contributed by atoms with Gasteiger partial charge in [-0.05, 0) is 26.0 Å². The van der Waals surface area contributed by atoms with Gasteiger partial charge in [0.2, 0.25) is 5.88 Å². The van der Waals surface area contributed by atoms with Crippen molar-refractivity contribution in [2.75, 3.05) is 13.2 Å². The molecule has 0 fully saturated rings. The number of hydrogen-bond acceptors (Lipinski definition) is 4. The molecule has 1 aromatic carbocycles. The highest BCUT2D eigenvalue weighted by atomic mass is 16.5. The van der Waals surface area contributed by atoms with E-state index in [-0.39, 0.29) is 0 Å². The molecule has 0 amide bonds. The van der Waals surface area contributed by atoms with Crippen molar-refractivity contribution >= 4 is 10.9 Å². The lowest BCUT2D eigenvalue weighted by atomic mass is 10.1. The van der Waals surface area contributed by atoms with Gasteiger partial charge in [-0.15, -0.1) is 0 Å². The quantitative estimate of drug-likeness (QED) is 0.827. The molecule has 1 heterocycles. The second-order valence-electron chi connectivity index (χ2n) is 3.62. The van der Waals surface area contributed by atoms with Crippen LogP contribution in [0.1, 0.15) is 19.4 Å². The second-order valence-corrected chi connectivity index (χ2v) is 3.62. The highest BCUT2D eigenvalue weighted by Gasteiger charge is 2.16. The second kappa shape index (κ2) is 5.37. The zero-order chi connectivity index (χ0) is 13.0. The molecule has 0 atom stereocenters. The first-order chi connectivity index (χ1) is 8.81. The van der Waals surface area contributed by atoms with Crippen molar-refractivity contribution in [2.45, 2.75) is 13.8 Å². The van der Waals surface area contributed by atoms with E-state index in [4.69, 9.17) is 9.47 Å². The Labute approximate surface area is 106 Å². The average Bonchev–Trinajstić information content (AvgIpc) is 2.39. The van der Waals surface area contributed by atoms with Crippen molar-refractivity contribution in [1.82, 2.24) is 4.98 Å². The summed E-state index contributed by atoms with van der Waals surface area (Å²) >= 11 is 0. The predicted molar refractivity (Wildman–Crippen MR) is 68.8 cm³/mol. The van der Waals surface area contributed by atoms with Gasteiger partial charge in [0.05, 0.1) is 18.7 Å². The molecule has 0 spiro atoms. The molecule has 0 aliphatic carbocycles. The Balaban J connectivity index is 2.75. The maximum absolute atomic E-state index is 9.26. The summed E-state index contributed by atoms with van der Waals surface area (Å²) in [7, 11) is 0. The van der Waals surface area contributed by atoms with E-state index in [9.17, 15) is 5.26 Å². The van der Waals surface area contributed by atoms with Crippen molar-refractivity contribution in [3.8, 4) is 17.7 Å². The molecule has 0 N–H and O–H groups in total.